The van der Waals surface area contributed by atoms with Crippen LogP contribution in [0.5, 0.6) is 0 Å². The number of halogens is 1. The van der Waals surface area contributed by atoms with Crippen LogP contribution >= 0.6 is 34.7 Å². The highest BCUT2D eigenvalue weighted by Gasteiger charge is 2.08. The molecule has 0 unspecified atom stereocenters. The molecule has 0 amide bonds. The van der Waals surface area contributed by atoms with Gasteiger partial charge in [-0.2, -0.15) is 0 Å². The van der Waals surface area contributed by atoms with Crippen molar-refractivity contribution in [3.8, 4) is 10.8 Å². The third-order valence-electron chi connectivity index (χ3n) is 2.63. The van der Waals surface area contributed by atoms with Crippen LogP contribution < -0.4 is 5.73 Å². The fraction of sp³-hybridized carbons (Fsp3) is 0.0714. The molecule has 2 heterocycles. The quantitative estimate of drug-likeness (QED) is 0.546. The van der Waals surface area contributed by atoms with Crippen molar-refractivity contribution in [2.45, 2.75) is 10.6 Å². The Morgan fingerprint density at radius 1 is 1.35 bits per heavy atom. The van der Waals surface area contributed by atoms with E-state index in [1.54, 1.807) is 35.4 Å². The SMILES string of the molecule is Nc1ccc(Cl)cc1SCc1csc(-c2ccco2)n1. The molecule has 2 aromatic heterocycles. The van der Waals surface area contributed by atoms with Gasteiger partial charge < -0.3 is 10.2 Å². The molecule has 0 atom stereocenters. The van der Waals surface area contributed by atoms with Crippen molar-refractivity contribution >= 4 is 40.4 Å². The summed E-state index contributed by atoms with van der Waals surface area (Å²) in [5.74, 6) is 1.55. The largest absolute Gasteiger partial charge is 0.462 e. The molecule has 0 saturated heterocycles. The summed E-state index contributed by atoms with van der Waals surface area (Å²) in [7, 11) is 0. The molecular weight excluding hydrogens is 312 g/mol. The van der Waals surface area contributed by atoms with Gasteiger partial charge in [-0.15, -0.1) is 23.1 Å². The first-order valence-corrected chi connectivity index (χ1v) is 8.13. The lowest BCUT2D eigenvalue weighted by Crippen LogP contribution is -1.89. The van der Waals surface area contributed by atoms with Crippen LogP contribution in [0.4, 0.5) is 5.69 Å². The topological polar surface area (TPSA) is 52.0 Å². The van der Waals surface area contributed by atoms with Crippen LogP contribution in [0.3, 0.4) is 0 Å². The number of thioether (sulfide) groups is 1. The average molecular weight is 323 g/mol. The fourth-order valence-corrected chi connectivity index (χ4v) is 3.70. The first-order valence-electron chi connectivity index (χ1n) is 5.88. The lowest BCUT2D eigenvalue weighted by molar-refractivity contribution is 0.581. The molecule has 3 aromatic rings. The molecule has 0 saturated carbocycles. The van der Waals surface area contributed by atoms with Crippen molar-refractivity contribution in [3.63, 3.8) is 0 Å². The zero-order valence-corrected chi connectivity index (χ0v) is 12.8. The van der Waals surface area contributed by atoms with Gasteiger partial charge in [-0.1, -0.05) is 11.6 Å². The average Bonchev–Trinajstić information content (AvgIpc) is 3.09. The molecule has 2 N–H and O–H groups in total. The van der Waals surface area contributed by atoms with Gasteiger partial charge in [-0.05, 0) is 30.3 Å². The number of benzene rings is 1. The Labute approximate surface area is 129 Å². The molecule has 1 aromatic carbocycles. The molecule has 0 bridgehead atoms. The van der Waals surface area contributed by atoms with E-state index >= 15 is 0 Å². The monoisotopic (exact) mass is 322 g/mol. The van der Waals surface area contributed by atoms with E-state index < -0.39 is 0 Å². The summed E-state index contributed by atoms with van der Waals surface area (Å²) in [6.45, 7) is 0. The van der Waals surface area contributed by atoms with Gasteiger partial charge >= 0.3 is 0 Å². The summed E-state index contributed by atoms with van der Waals surface area (Å²) >= 11 is 9.18. The number of furan rings is 1. The van der Waals surface area contributed by atoms with E-state index in [0.29, 0.717) is 5.02 Å². The predicted octanol–water partition coefficient (Wildman–Crippen LogP) is 4.93. The van der Waals surface area contributed by atoms with Gasteiger partial charge in [0.1, 0.15) is 0 Å². The van der Waals surface area contributed by atoms with Crippen molar-refractivity contribution in [1.82, 2.24) is 4.98 Å². The van der Waals surface area contributed by atoms with Gasteiger partial charge in [0, 0.05) is 26.7 Å². The number of nitrogens with two attached hydrogens (primary N) is 1. The van der Waals surface area contributed by atoms with Crippen LogP contribution in [0.25, 0.3) is 10.8 Å². The van der Waals surface area contributed by atoms with E-state index in [1.165, 1.54) is 0 Å². The maximum atomic E-state index is 5.98. The second-order valence-corrected chi connectivity index (χ2v) is 6.40. The van der Waals surface area contributed by atoms with E-state index in [-0.39, 0.29) is 0 Å². The highest BCUT2D eigenvalue weighted by atomic mass is 35.5. The van der Waals surface area contributed by atoms with Crippen LogP contribution in [0.15, 0.2) is 51.3 Å². The van der Waals surface area contributed by atoms with Crippen LogP contribution in [0.2, 0.25) is 5.02 Å². The number of anilines is 1. The fourth-order valence-electron chi connectivity index (χ4n) is 1.67. The van der Waals surface area contributed by atoms with Gasteiger partial charge in [0.05, 0.1) is 12.0 Å². The summed E-state index contributed by atoms with van der Waals surface area (Å²) in [4.78, 5) is 5.53. The molecule has 0 fully saturated rings. The van der Waals surface area contributed by atoms with E-state index in [1.807, 2.05) is 29.6 Å². The lowest BCUT2D eigenvalue weighted by atomic mass is 10.3. The first-order chi connectivity index (χ1) is 9.72. The zero-order chi connectivity index (χ0) is 13.9. The third kappa shape index (κ3) is 3.00. The van der Waals surface area contributed by atoms with Gasteiger partial charge in [-0.25, -0.2) is 4.98 Å². The van der Waals surface area contributed by atoms with E-state index in [9.17, 15) is 0 Å². The predicted molar refractivity (Wildman–Crippen MR) is 85.2 cm³/mol. The second kappa shape index (κ2) is 5.91. The standard InChI is InChI=1S/C14H11ClN2OS2/c15-9-3-4-11(16)13(6-9)19-7-10-8-20-14(17-10)12-2-1-5-18-12/h1-6,8H,7,16H2. The summed E-state index contributed by atoms with van der Waals surface area (Å²) < 4.78 is 5.33. The minimum Gasteiger partial charge on any atom is -0.462 e. The van der Waals surface area contributed by atoms with E-state index in [0.717, 1.165) is 32.8 Å². The molecular formula is C14H11ClN2OS2. The Balaban J connectivity index is 1.71. The number of hydrogen-bond donors (Lipinski definition) is 1. The normalized spacial score (nSPS) is 10.8. The Morgan fingerprint density at radius 3 is 3.05 bits per heavy atom. The van der Waals surface area contributed by atoms with Gasteiger partial charge in [0.2, 0.25) is 0 Å². The molecule has 0 spiro atoms. The molecule has 0 aliphatic heterocycles. The molecule has 0 aliphatic rings. The number of nitrogen functional groups attached to an aromatic ring is 1. The number of aromatic nitrogens is 1. The summed E-state index contributed by atoms with van der Waals surface area (Å²) in [6, 6.07) is 9.25. The first kappa shape index (κ1) is 13.5. The van der Waals surface area contributed by atoms with E-state index in [4.69, 9.17) is 21.8 Å². The van der Waals surface area contributed by atoms with Crippen LogP contribution in [-0.4, -0.2) is 4.98 Å². The Hall–Kier alpha value is -1.43. The Morgan fingerprint density at radius 2 is 2.25 bits per heavy atom. The smallest absolute Gasteiger partial charge is 0.162 e. The zero-order valence-electron chi connectivity index (χ0n) is 10.4. The number of nitrogens with zero attached hydrogens (tertiary/aromatic N) is 1. The van der Waals surface area contributed by atoms with Crippen LogP contribution in [0, 0.1) is 0 Å². The Kier molecular flexibility index (Phi) is 4.00. The van der Waals surface area contributed by atoms with Gasteiger partial charge in [0.25, 0.3) is 0 Å². The minimum absolute atomic E-state index is 0.691. The summed E-state index contributed by atoms with van der Waals surface area (Å²) in [6.07, 6.45) is 1.65. The Bertz CT molecular complexity index is 710. The van der Waals surface area contributed by atoms with Crippen LogP contribution in [-0.2, 0) is 5.75 Å². The second-order valence-electron chi connectivity index (χ2n) is 4.09. The van der Waals surface area contributed by atoms with E-state index in [2.05, 4.69) is 4.98 Å². The molecule has 6 heteroatoms. The van der Waals surface area contributed by atoms with Crippen molar-refractivity contribution in [2.75, 3.05) is 5.73 Å². The maximum Gasteiger partial charge on any atom is 0.162 e. The minimum atomic E-state index is 0.691. The maximum absolute atomic E-state index is 5.98. The molecule has 102 valence electrons. The summed E-state index contributed by atoms with van der Waals surface area (Å²) in [5, 5.41) is 3.62. The molecule has 0 radical (unpaired) electrons. The van der Waals surface area contributed by atoms with Crippen LogP contribution in [0.1, 0.15) is 5.69 Å². The molecule has 20 heavy (non-hydrogen) atoms. The number of thiazole rings is 1. The third-order valence-corrected chi connectivity index (χ3v) is 4.88. The number of rotatable bonds is 4. The highest BCUT2D eigenvalue weighted by Crippen LogP contribution is 2.32. The van der Waals surface area contributed by atoms with Gasteiger partial charge in [0.15, 0.2) is 10.8 Å². The van der Waals surface area contributed by atoms with Crippen molar-refractivity contribution < 1.29 is 4.42 Å². The molecule has 3 nitrogen and oxygen atoms in total. The lowest BCUT2D eigenvalue weighted by Gasteiger charge is -2.04. The molecule has 0 aliphatic carbocycles. The van der Waals surface area contributed by atoms with Crippen molar-refractivity contribution in [2.24, 2.45) is 0 Å². The highest BCUT2D eigenvalue weighted by molar-refractivity contribution is 7.98. The van der Waals surface area contributed by atoms with Gasteiger partial charge in [-0.3, -0.25) is 0 Å². The van der Waals surface area contributed by atoms with Crippen molar-refractivity contribution in [3.05, 3.63) is 52.7 Å². The van der Waals surface area contributed by atoms with Crippen molar-refractivity contribution in [1.29, 1.82) is 0 Å². The number of hydrogen-bond acceptors (Lipinski definition) is 5. The summed E-state index contributed by atoms with van der Waals surface area (Å²) in [5.41, 5.74) is 7.67. The molecule has 3 rings (SSSR count).